The molecule has 2 aromatic rings. The number of para-hydroxylation sites is 1. The Balaban J connectivity index is 2.02. The predicted molar refractivity (Wildman–Crippen MR) is 96.2 cm³/mol. The maximum Gasteiger partial charge on any atom is 0.405 e. The molecule has 0 aliphatic carbocycles. The van der Waals surface area contributed by atoms with Gasteiger partial charge in [0.25, 0.3) is 0 Å². The summed E-state index contributed by atoms with van der Waals surface area (Å²) in [5.41, 5.74) is 2.51. The molecule has 3 rings (SSSR count). The molecule has 5 nitrogen and oxygen atoms in total. The molecule has 25 heavy (non-hydrogen) atoms. The van der Waals surface area contributed by atoms with Crippen LogP contribution in [0.5, 0.6) is 11.5 Å². The van der Waals surface area contributed by atoms with Crippen LogP contribution >= 0.6 is 0 Å². The summed E-state index contributed by atoms with van der Waals surface area (Å²) in [4.78, 5) is 11.2. The van der Waals surface area contributed by atoms with Gasteiger partial charge in [0, 0.05) is 16.5 Å². The number of carbonyl (C=O) groups is 1. The number of nitrogens with one attached hydrogen (secondary N) is 1. The van der Waals surface area contributed by atoms with Crippen LogP contribution in [-0.4, -0.2) is 24.4 Å². The van der Waals surface area contributed by atoms with Crippen molar-refractivity contribution in [3.63, 3.8) is 0 Å². The largest absolute Gasteiger partial charge is 0.493 e. The maximum absolute atomic E-state index is 11.2. The summed E-state index contributed by atoms with van der Waals surface area (Å²) >= 11 is 0. The fraction of sp³-hybridized carbons (Fsp3) is 0.350. The minimum Gasteiger partial charge on any atom is -0.493 e. The van der Waals surface area contributed by atoms with Crippen LogP contribution in [0.4, 0.5) is 4.79 Å². The topological polar surface area (TPSA) is 67.8 Å². The summed E-state index contributed by atoms with van der Waals surface area (Å²) in [6.45, 7) is 6.99. The molecule has 1 atom stereocenters. The van der Waals surface area contributed by atoms with Crippen molar-refractivity contribution in [1.82, 2.24) is 5.32 Å². The van der Waals surface area contributed by atoms with Gasteiger partial charge in [0.15, 0.2) is 0 Å². The van der Waals surface area contributed by atoms with E-state index in [-0.39, 0.29) is 11.5 Å². The van der Waals surface area contributed by atoms with E-state index in [9.17, 15) is 9.90 Å². The smallest absolute Gasteiger partial charge is 0.405 e. The van der Waals surface area contributed by atoms with Gasteiger partial charge >= 0.3 is 6.09 Å². The second kappa shape index (κ2) is 6.67. The van der Waals surface area contributed by atoms with Crippen molar-refractivity contribution in [2.75, 3.05) is 13.2 Å². The molecule has 1 aliphatic rings. The van der Waals surface area contributed by atoms with Crippen molar-refractivity contribution in [1.29, 1.82) is 0 Å². The maximum atomic E-state index is 11.2. The van der Waals surface area contributed by atoms with Gasteiger partial charge in [-0.15, -0.1) is 0 Å². The van der Waals surface area contributed by atoms with E-state index >= 15 is 0 Å². The molecule has 0 radical (unpaired) electrons. The zero-order valence-corrected chi connectivity index (χ0v) is 14.7. The van der Waals surface area contributed by atoms with Gasteiger partial charge in [-0.2, -0.15) is 0 Å². The molecule has 0 saturated heterocycles. The van der Waals surface area contributed by atoms with E-state index in [2.05, 4.69) is 5.32 Å². The van der Waals surface area contributed by atoms with Gasteiger partial charge in [0.1, 0.15) is 11.5 Å². The van der Waals surface area contributed by atoms with Gasteiger partial charge in [-0.05, 0) is 24.6 Å². The van der Waals surface area contributed by atoms with Crippen LogP contribution in [0.2, 0.25) is 0 Å². The van der Waals surface area contributed by atoms with E-state index in [0.29, 0.717) is 19.0 Å². The minimum atomic E-state index is -1.03. The Morgan fingerprint density at radius 1 is 1.32 bits per heavy atom. The molecule has 1 aliphatic heterocycles. The zero-order valence-electron chi connectivity index (χ0n) is 14.7. The van der Waals surface area contributed by atoms with Crippen molar-refractivity contribution >= 4 is 6.09 Å². The highest BCUT2D eigenvalue weighted by atomic mass is 16.5. The summed E-state index contributed by atoms with van der Waals surface area (Å²) in [6, 6.07) is 13.4. The number of benzene rings is 2. The lowest BCUT2D eigenvalue weighted by atomic mass is 9.78. The highest BCUT2D eigenvalue weighted by Crippen LogP contribution is 2.44. The Hall–Kier alpha value is -2.69. The summed E-state index contributed by atoms with van der Waals surface area (Å²) in [5.74, 6) is 1.53. The van der Waals surface area contributed by atoms with Crippen LogP contribution in [-0.2, 0) is 0 Å². The normalized spacial score (nSPS) is 18.0. The summed E-state index contributed by atoms with van der Waals surface area (Å²) < 4.78 is 11.7. The highest BCUT2D eigenvalue weighted by Gasteiger charge is 2.38. The van der Waals surface area contributed by atoms with Crippen molar-refractivity contribution in [2.24, 2.45) is 5.41 Å². The van der Waals surface area contributed by atoms with E-state index in [1.165, 1.54) is 0 Å². The Kier molecular flexibility index (Phi) is 4.57. The number of hydrogen-bond donors (Lipinski definition) is 2. The molecule has 0 fully saturated rings. The van der Waals surface area contributed by atoms with Crippen molar-refractivity contribution in [2.45, 2.75) is 26.8 Å². The Bertz CT molecular complexity index is 785. The molecular formula is C20H23NO4. The summed E-state index contributed by atoms with van der Waals surface area (Å²) in [7, 11) is 0. The molecule has 1 amide bonds. The fourth-order valence-corrected chi connectivity index (χ4v) is 3.22. The van der Waals surface area contributed by atoms with E-state index in [4.69, 9.17) is 9.47 Å². The molecule has 0 bridgehead atoms. The minimum absolute atomic E-state index is 0.315. The summed E-state index contributed by atoms with van der Waals surface area (Å²) in [6.07, 6.45) is -1.03. The second-order valence-electron chi connectivity index (χ2n) is 6.84. The molecular weight excluding hydrogens is 318 g/mol. The third-order valence-electron chi connectivity index (χ3n) is 4.47. The molecule has 0 spiro atoms. The average molecular weight is 341 g/mol. The molecule has 5 heteroatoms. The van der Waals surface area contributed by atoms with Crippen LogP contribution in [0.15, 0.2) is 42.5 Å². The van der Waals surface area contributed by atoms with E-state index in [1.807, 2.05) is 63.2 Å². The van der Waals surface area contributed by atoms with Gasteiger partial charge < -0.3 is 19.9 Å². The van der Waals surface area contributed by atoms with E-state index in [1.54, 1.807) is 0 Å². The first-order chi connectivity index (χ1) is 11.9. The van der Waals surface area contributed by atoms with E-state index in [0.717, 1.165) is 22.4 Å². The Labute approximate surface area is 147 Å². The first-order valence-corrected chi connectivity index (χ1v) is 8.41. The van der Waals surface area contributed by atoms with Gasteiger partial charge in [-0.3, -0.25) is 0 Å². The Morgan fingerprint density at radius 2 is 2.08 bits per heavy atom. The van der Waals surface area contributed by atoms with Gasteiger partial charge in [-0.1, -0.05) is 44.2 Å². The molecule has 0 saturated carbocycles. The fourth-order valence-electron chi connectivity index (χ4n) is 3.22. The first kappa shape index (κ1) is 17.1. The first-order valence-electron chi connectivity index (χ1n) is 8.41. The van der Waals surface area contributed by atoms with Crippen LogP contribution in [0, 0.1) is 5.41 Å². The quantitative estimate of drug-likeness (QED) is 0.860. The third-order valence-corrected chi connectivity index (χ3v) is 4.47. The second-order valence-corrected chi connectivity index (χ2v) is 6.84. The number of ether oxygens (including phenoxy) is 2. The monoisotopic (exact) mass is 341 g/mol. The van der Waals surface area contributed by atoms with Gasteiger partial charge in [-0.25, -0.2) is 4.79 Å². The van der Waals surface area contributed by atoms with Crippen LogP contribution < -0.4 is 14.8 Å². The lowest BCUT2D eigenvalue weighted by Gasteiger charge is -2.39. The number of amides is 1. The van der Waals surface area contributed by atoms with E-state index < -0.39 is 6.09 Å². The number of fused-ring (bicyclic) bond motifs is 1. The Morgan fingerprint density at radius 3 is 2.80 bits per heavy atom. The lowest BCUT2D eigenvalue weighted by Crippen LogP contribution is -2.43. The van der Waals surface area contributed by atoms with Gasteiger partial charge in [0.2, 0.25) is 0 Å². The van der Waals surface area contributed by atoms with Crippen molar-refractivity contribution in [3.8, 4) is 22.6 Å². The lowest BCUT2D eigenvalue weighted by molar-refractivity contribution is 0.0996. The molecule has 1 unspecified atom stereocenters. The standard InChI is InChI=1S/C20H23NO4/c1-4-24-16-8-6-5-7-14(16)13-9-10-15-17(11-13)25-12-20(2,3)18(15)21-19(22)23/h5-11,18,21H,4,12H2,1-3H3,(H,22,23). The van der Waals surface area contributed by atoms with Crippen LogP contribution in [0.3, 0.4) is 0 Å². The highest BCUT2D eigenvalue weighted by molar-refractivity contribution is 5.73. The molecule has 2 aromatic carbocycles. The average Bonchev–Trinajstić information content (AvgIpc) is 2.58. The molecule has 0 aromatic heterocycles. The predicted octanol–water partition coefficient (Wildman–Crippen LogP) is 4.48. The van der Waals surface area contributed by atoms with Crippen LogP contribution in [0.1, 0.15) is 32.4 Å². The molecule has 2 N–H and O–H groups in total. The summed E-state index contributed by atoms with van der Waals surface area (Å²) in [5, 5.41) is 11.8. The van der Waals surface area contributed by atoms with Crippen molar-refractivity contribution < 1.29 is 19.4 Å². The SMILES string of the molecule is CCOc1ccccc1-c1ccc2c(c1)OCC(C)(C)C2NC(=O)O. The van der Waals surface area contributed by atoms with Crippen LogP contribution in [0.25, 0.3) is 11.1 Å². The van der Waals surface area contributed by atoms with Crippen molar-refractivity contribution in [3.05, 3.63) is 48.0 Å². The number of carboxylic acid groups (broad SMARTS) is 1. The number of rotatable bonds is 4. The number of hydrogen-bond acceptors (Lipinski definition) is 3. The third kappa shape index (κ3) is 3.40. The zero-order chi connectivity index (χ0) is 18.0. The van der Waals surface area contributed by atoms with Gasteiger partial charge in [0.05, 0.1) is 19.3 Å². The molecule has 132 valence electrons. The molecule has 1 heterocycles.